The van der Waals surface area contributed by atoms with Gasteiger partial charge in [0.15, 0.2) is 17.5 Å². The number of para-hydroxylation sites is 4. The Morgan fingerprint density at radius 2 is 1.23 bits per heavy atom. The zero-order chi connectivity index (χ0) is 42.6. The molecule has 0 saturated heterocycles. The molecule has 64 heavy (non-hydrogen) atoms. The molecule has 0 amide bonds. The summed E-state index contributed by atoms with van der Waals surface area (Å²) in [6, 6.07) is 60.2. The van der Waals surface area contributed by atoms with E-state index in [1.54, 1.807) is 0 Å². The van der Waals surface area contributed by atoms with E-state index in [0.717, 1.165) is 44.3 Å². The molecule has 0 fully saturated rings. The minimum atomic E-state index is -0.639. The fourth-order valence-corrected chi connectivity index (χ4v) is 9.85. The molecule has 1 aliphatic carbocycles. The van der Waals surface area contributed by atoms with Crippen LogP contribution in [-0.2, 0) is 5.54 Å². The lowest BCUT2D eigenvalue weighted by Crippen LogP contribution is -2.42. The second-order valence-corrected chi connectivity index (χ2v) is 16.3. The van der Waals surface area contributed by atoms with Crippen molar-refractivity contribution < 1.29 is 4.42 Å². The standard InChI is InChI=1S/C58H41N5O/c1-2-3-4-5-12-32-54-59-56(39-20-8-6-9-21-39)61-57(60-54)45-27-19-31-53-55(45)46-37-40(33-34-52(46)64-53)58(63-50-29-17-14-24-42(50)43-25-15-18-30-51(43)63)36-35-49-47(38-58)44-26-13-16-28-48(44)62(49)41-22-10-7-11-23-41/h2-35,37-38H,36H2,1H3/b3-2-,5-4+,32-12+. The number of hydrogen-bond donors (Lipinski definition) is 0. The van der Waals surface area contributed by atoms with Gasteiger partial charge in [-0.25, -0.2) is 15.0 Å². The fraction of sp³-hybridized carbons (Fsp3) is 0.0517. The van der Waals surface area contributed by atoms with Crippen LogP contribution in [0.15, 0.2) is 205 Å². The quantitative estimate of drug-likeness (QED) is 0.143. The third kappa shape index (κ3) is 5.98. The predicted molar refractivity (Wildman–Crippen MR) is 264 cm³/mol. The lowest BCUT2D eigenvalue weighted by atomic mass is 9.81. The molecule has 6 nitrogen and oxygen atoms in total. The number of hydrogen-bond acceptors (Lipinski definition) is 4. The monoisotopic (exact) mass is 823 g/mol. The molecule has 4 aromatic heterocycles. The molecule has 12 rings (SSSR count). The Labute approximate surface area is 369 Å². The van der Waals surface area contributed by atoms with Crippen LogP contribution in [0.4, 0.5) is 0 Å². The summed E-state index contributed by atoms with van der Waals surface area (Å²) in [5.74, 6) is 1.76. The first-order chi connectivity index (χ1) is 31.7. The molecule has 11 aromatic rings. The van der Waals surface area contributed by atoms with E-state index in [9.17, 15) is 0 Å². The van der Waals surface area contributed by atoms with Gasteiger partial charge in [-0.3, -0.25) is 0 Å². The van der Waals surface area contributed by atoms with Crippen LogP contribution in [0.1, 0.15) is 24.7 Å². The van der Waals surface area contributed by atoms with E-state index in [2.05, 4.69) is 149 Å². The molecule has 304 valence electrons. The highest BCUT2D eigenvalue weighted by Gasteiger charge is 2.37. The van der Waals surface area contributed by atoms with Crippen molar-refractivity contribution in [2.45, 2.75) is 18.9 Å². The van der Waals surface area contributed by atoms with Crippen LogP contribution in [0.2, 0.25) is 0 Å². The largest absolute Gasteiger partial charge is 0.456 e. The maximum Gasteiger partial charge on any atom is 0.164 e. The van der Waals surface area contributed by atoms with Crippen molar-refractivity contribution in [1.82, 2.24) is 24.1 Å². The van der Waals surface area contributed by atoms with Gasteiger partial charge in [0, 0.05) is 54.3 Å². The molecule has 0 radical (unpaired) electrons. The molecule has 0 spiro atoms. The predicted octanol–water partition coefficient (Wildman–Crippen LogP) is 12.7. The van der Waals surface area contributed by atoms with Gasteiger partial charge in [-0.1, -0.05) is 158 Å². The fourth-order valence-electron chi connectivity index (χ4n) is 9.85. The van der Waals surface area contributed by atoms with Crippen molar-refractivity contribution in [1.29, 1.82) is 0 Å². The molecular formula is C58H41N5O. The minimum Gasteiger partial charge on any atom is -0.456 e. The Kier molecular flexibility index (Phi) is 8.90. The first-order valence-corrected chi connectivity index (χ1v) is 21.8. The molecule has 7 aromatic carbocycles. The van der Waals surface area contributed by atoms with Gasteiger partial charge in [-0.05, 0) is 79.6 Å². The van der Waals surface area contributed by atoms with E-state index in [1.165, 1.54) is 43.3 Å². The van der Waals surface area contributed by atoms with Crippen LogP contribution in [0.25, 0.3) is 101 Å². The molecule has 1 aliphatic rings. The average Bonchev–Trinajstić information content (AvgIpc) is 4.02. The second kappa shape index (κ2) is 15.2. The van der Waals surface area contributed by atoms with Crippen molar-refractivity contribution in [2.24, 2.45) is 0 Å². The Balaban J connectivity index is 1.14. The molecule has 0 aliphatic heterocycles. The van der Waals surface area contributed by atoms with Gasteiger partial charge in [0.2, 0.25) is 0 Å². The first kappa shape index (κ1) is 37.4. The molecule has 4 heterocycles. The molecule has 0 saturated carbocycles. The van der Waals surface area contributed by atoms with E-state index in [4.69, 9.17) is 19.4 Å². The van der Waals surface area contributed by atoms with Gasteiger partial charge < -0.3 is 13.6 Å². The summed E-state index contributed by atoms with van der Waals surface area (Å²) in [5.41, 5.74) is 8.58. The summed E-state index contributed by atoms with van der Waals surface area (Å²) in [5, 5.41) is 8.05. The summed E-state index contributed by atoms with van der Waals surface area (Å²) in [6.07, 6.45) is 17.5. The Bertz CT molecular complexity index is 3780. The molecule has 1 atom stereocenters. The van der Waals surface area contributed by atoms with Crippen molar-refractivity contribution >= 4 is 72.9 Å². The summed E-state index contributed by atoms with van der Waals surface area (Å²) >= 11 is 0. The third-order valence-electron chi connectivity index (χ3n) is 12.6. The number of benzene rings is 7. The van der Waals surface area contributed by atoms with Crippen molar-refractivity contribution in [3.63, 3.8) is 0 Å². The smallest absolute Gasteiger partial charge is 0.164 e. The van der Waals surface area contributed by atoms with Gasteiger partial charge in [-0.15, -0.1) is 0 Å². The van der Waals surface area contributed by atoms with Gasteiger partial charge in [-0.2, -0.15) is 0 Å². The van der Waals surface area contributed by atoms with Crippen molar-refractivity contribution in [3.8, 4) is 28.5 Å². The average molecular weight is 824 g/mol. The van der Waals surface area contributed by atoms with E-state index in [-0.39, 0.29) is 0 Å². The summed E-state index contributed by atoms with van der Waals surface area (Å²) < 4.78 is 11.7. The van der Waals surface area contributed by atoms with E-state index in [0.29, 0.717) is 23.9 Å². The van der Waals surface area contributed by atoms with Gasteiger partial charge in [0.1, 0.15) is 11.2 Å². The number of allylic oxidation sites excluding steroid dienone is 5. The zero-order valence-corrected chi connectivity index (χ0v) is 35.1. The van der Waals surface area contributed by atoms with E-state index < -0.39 is 5.54 Å². The van der Waals surface area contributed by atoms with Crippen molar-refractivity contribution in [3.05, 3.63) is 222 Å². The Morgan fingerprint density at radius 3 is 2.00 bits per heavy atom. The highest BCUT2D eigenvalue weighted by molar-refractivity contribution is 6.12. The zero-order valence-electron chi connectivity index (χ0n) is 35.1. The third-order valence-corrected chi connectivity index (χ3v) is 12.6. The number of rotatable bonds is 8. The van der Waals surface area contributed by atoms with Crippen LogP contribution >= 0.6 is 0 Å². The van der Waals surface area contributed by atoms with Crippen LogP contribution in [0, 0.1) is 0 Å². The minimum absolute atomic E-state index is 0.572. The SMILES string of the molecule is C\C=C/C=C/C=C/c1nc(-c2ccccc2)nc(-c2cccc3oc4ccc(C5(n6c7ccccc7c7ccccc76)C=c6c(n(-c7ccccc7)c7ccccc67)=CC5)cc4c23)n1. The first-order valence-electron chi connectivity index (χ1n) is 21.8. The van der Waals surface area contributed by atoms with Crippen LogP contribution in [0.5, 0.6) is 0 Å². The second-order valence-electron chi connectivity index (χ2n) is 16.3. The van der Waals surface area contributed by atoms with Crippen LogP contribution < -0.4 is 10.6 Å². The highest BCUT2D eigenvalue weighted by Crippen LogP contribution is 2.45. The van der Waals surface area contributed by atoms with Crippen LogP contribution in [0.3, 0.4) is 0 Å². The molecular weight excluding hydrogens is 783 g/mol. The number of nitrogens with zero attached hydrogens (tertiary/aromatic N) is 5. The summed E-state index contributed by atoms with van der Waals surface area (Å²) in [7, 11) is 0. The van der Waals surface area contributed by atoms with Gasteiger partial charge in [0.25, 0.3) is 0 Å². The lowest BCUT2D eigenvalue weighted by Gasteiger charge is -2.36. The van der Waals surface area contributed by atoms with E-state index >= 15 is 0 Å². The molecule has 1 unspecified atom stereocenters. The van der Waals surface area contributed by atoms with Gasteiger partial charge in [0.05, 0.1) is 22.1 Å². The van der Waals surface area contributed by atoms with Crippen LogP contribution in [-0.4, -0.2) is 24.1 Å². The Hall–Kier alpha value is -8.35. The lowest BCUT2D eigenvalue weighted by molar-refractivity contribution is 0.520. The van der Waals surface area contributed by atoms with Crippen molar-refractivity contribution in [2.75, 3.05) is 0 Å². The number of furan rings is 1. The maximum absolute atomic E-state index is 6.71. The topological polar surface area (TPSA) is 61.7 Å². The molecule has 6 heteroatoms. The summed E-state index contributed by atoms with van der Waals surface area (Å²) in [4.78, 5) is 15.1. The normalized spacial score (nSPS) is 15.3. The molecule has 0 bridgehead atoms. The summed E-state index contributed by atoms with van der Waals surface area (Å²) in [6.45, 7) is 2.00. The van der Waals surface area contributed by atoms with Gasteiger partial charge >= 0.3 is 0 Å². The highest BCUT2D eigenvalue weighted by atomic mass is 16.3. The van der Waals surface area contributed by atoms with E-state index in [1.807, 2.05) is 85.8 Å². The maximum atomic E-state index is 6.71. The number of fused-ring (bicyclic) bond motifs is 9. The Morgan fingerprint density at radius 1 is 0.562 bits per heavy atom. The number of aromatic nitrogens is 5. The molecule has 0 N–H and O–H groups in total.